The third kappa shape index (κ3) is 13.3. The zero-order valence-electron chi connectivity index (χ0n) is 31.6. The second-order valence-electron chi connectivity index (χ2n) is 13.4. The largest absolute Gasteiger partial charge is 0.489 e. The van der Waals surface area contributed by atoms with E-state index in [1.54, 1.807) is 0 Å². The van der Waals surface area contributed by atoms with Gasteiger partial charge < -0.3 is 9.47 Å². The summed E-state index contributed by atoms with van der Waals surface area (Å²) >= 11 is 7.31. The van der Waals surface area contributed by atoms with Crippen molar-refractivity contribution >= 4 is 47.0 Å². The van der Waals surface area contributed by atoms with Crippen molar-refractivity contribution in [3.05, 3.63) is 215 Å². The average molecular weight is 818 g/mol. The fraction of sp³-hybridized carbons (Fsp3) is 0.140. The molecule has 0 aliphatic rings. The predicted molar refractivity (Wildman–Crippen MR) is 241 cm³/mol. The summed E-state index contributed by atoms with van der Waals surface area (Å²) in [6, 6.07) is 63.9. The Hall–Kier alpha value is -4.97. The molecular formula is C50H43NO2S4. The van der Waals surface area contributed by atoms with E-state index in [9.17, 15) is 5.26 Å². The maximum Gasteiger partial charge on any atom is 0.120 e. The second kappa shape index (κ2) is 21.5. The quantitative estimate of drug-likeness (QED) is 0.0753. The molecule has 7 rings (SSSR count). The van der Waals surface area contributed by atoms with Gasteiger partial charge in [0.1, 0.15) is 24.7 Å². The summed E-state index contributed by atoms with van der Waals surface area (Å²) in [4.78, 5) is 4.97. The highest BCUT2D eigenvalue weighted by molar-refractivity contribution is 7.99. The van der Waals surface area contributed by atoms with E-state index in [0.717, 1.165) is 51.2 Å². The standard InChI is InChI=1S/C50H43NO2S4/c51-22-21-38-23-39(32-52-45-28-41(34-54-47-13-5-1-6-14-47)26-42(29-45)35-55-48-15-7-2-8-16-48)25-40(24-38)33-53-46-30-43(36-56-49-17-9-3-10-18-49)27-44(31-46)37-57-50-19-11-4-12-20-50/h1-20,23-31H,21,32-37H2. The van der Waals surface area contributed by atoms with Crippen LogP contribution in [0.1, 0.15) is 38.9 Å². The summed E-state index contributed by atoms with van der Waals surface area (Å²) in [5.41, 5.74) is 7.88. The lowest BCUT2D eigenvalue weighted by atomic mass is 10.0. The number of nitrogens with zero attached hydrogens (tertiary/aromatic N) is 1. The number of ether oxygens (including phenoxy) is 2. The minimum absolute atomic E-state index is 0.320. The number of nitriles is 1. The first-order chi connectivity index (χ1) is 28.1. The highest BCUT2D eigenvalue weighted by Gasteiger charge is 2.10. The summed E-state index contributed by atoms with van der Waals surface area (Å²) in [7, 11) is 0. The van der Waals surface area contributed by atoms with E-state index in [-0.39, 0.29) is 0 Å². The van der Waals surface area contributed by atoms with Gasteiger partial charge in [-0.15, -0.1) is 47.0 Å². The Morgan fingerprint density at radius 2 is 0.632 bits per heavy atom. The molecule has 0 saturated carbocycles. The molecule has 3 nitrogen and oxygen atoms in total. The van der Waals surface area contributed by atoms with Gasteiger partial charge in [0.15, 0.2) is 0 Å². The molecular weight excluding hydrogens is 775 g/mol. The van der Waals surface area contributed by atoms with Crippen LogP contribution in [0.2, 0.25) is 0 Å². The van der Waals surface area contributed by atoms with E-state index in [0.29, 0.717) is 19.6 Å². The van der Waals surface area contributed by atoms with Crippen LogP contribution in [0.4, 0.5) is 0 Å². The number of hydrogen-bond acceptors (Lipinski definition) is 7. The molecule has 0 unspecified atom stereocenters. The molecule has 0 atom stereocenters. The van der Waals surface area contributed by atoms with Gasteiger partial charge in [-0.1, -0.05) is 97.1 Å². The number of rotatable bonds is 19. The summed E-state index contributed by atoms with van der Waals surface area (Å²) in [6.07, 6.45) is 0.320. The Labute approximate surface area is 354 Å². The Morgan fingerprint density at radius 3 is 0.930 bits per heavy atom. The molecule has 0 amide bonds. The van der Waals surface area contributed by atoms with Crippen molar-refractivity contribution in [2.24, 2.45) is 0 Å². The highest BCUT2D eigenvalue weighted by atomic mass is 32.2. The molecule has 0 spiro atoms. The lowest BCUT2D eigenvalue weighted by Gasteiger charge is -2.15. The summed E-state index contributed by atoms with van der Waals surface area (Å²) in [5, 5.41) is 9.65. The highest BCUT2D eigenvalue weighted by Crippen LogP contribution is 2.32. The molecule has 0 aromatic heterocycles. The Bertz CT molecular complexity index is 2070. The number of hydrogen-bond donors (Lipinski definition) is 0. The number of thioether (sulfide) groups is 4. The minimum atomic E-state index is 0.320. The molecule has 0 fully saturated rings. The van der Waals surface area contributed by atoms with Crippen LogP contribution in [0.5, 0.6) is 11.5 Å². The molecule has 7 aromatic carbocycles. The van der Waals surface area contributed by atoms with Crippen molar-refractivity contribution in [3.8, 4) is 17.6 Å². The van der Waals surface area contributed by atoms with E-state index >= 15 is 0 Å². The third-order valence-corrected chi connectivity index (χ3v) is 13.2. The first-order valence-corrected chi connectivity index (χ1v) is 22.8. The van der Waals surface area contributed by atoms with E-state index in [1.165, 1.54) is 41.8 Å². The molecule has 0 aliphatic heterocycles. The van der Waals surface area contributed by atoms with Gasteiger partial charge in [-0.05, 0) is 118 Å². The van der Waals surface area contributed by atoms with Gasteiger partial charge in [-0.25, -0.2) is 0 Å². The predicted octanol–water partition coefficient (Wildman–Crippen LogP) is 14.1. The van der Waals surface area contributed by atoms with Crippen molar-refractivity contribution < 1.29 is 9.47 Å². The molecule has 0 aliphatic carbocycles. The van der Waals surface area contributed by atoms with Gasteiger partial charge in [-0.3, -0.25) is 0 Å². The van der Waals surface area contributed by atoms with Crippen LogP contribution in [0.15, 0.2) is 196 Å². The lowest BCUT2D eigenvalue weighted by molar-refractivity contribution is 0.299. The smallest absolute Gasteiger partial charge is 0.120 e. The molecule has 0 bridgehead atoms. The summed E-state index contributed by atoms with van der Waals surface area (Å²) in [6.45, 7) is 0.778. The molecule has 57 heavy (non-hydrogen) atoms. The van der Waals surface area contributed by atoms with Gasteiger partial charge in [0.25, 0.3) is 0 Å². The van der Waals surface area contributed by atoms with Crippen LogP contribution >= 0.6 is 47.0 Å². The zero-order valence-corrected chi connectivity index (χ0v) is 34.9. The minimum Gasteiger partial charge on any atom is -0.489 e. The second-order valence-corrected chi connectivity index (χ2v) is 17.6. The molecule has 0 radical (unpaired) electrons. The van der Waals surface area contributed by atoms with E-state index in [2.05, 4.69) is 182 Å². The maximum absolute atomic E-state index is 9.65. The monoisotopic (exact) mass is 817 g/mol. The van der Waals surface area contributed by atoms with Crippen LogP contribution < -0.4 is 9.47 Å². The van der Waals surface area contributed by atoms with Gasteiger partial charge in [0.2, 0.25) is 0 Å². The normalized spacial score (nSPS) is 10.9. The van der Waals surface area contributed by atoms with E-state index < -0.39 is 0 Å². The van der Waals surface area contributed by atoms with E-state index in [1.807, 2.05) is 47.0 Å². The van der Waals surface area contributed by atoms with Crippen molar-refractivity contribution in [2.45, 2.75) is 62.2 Å². The fourth-order valence-corrected chi connectivity index (χ4v) is 9.62. The first-order valence-electron chi connectivity index (χ1n) is 18.8. The van der Waals surface area contributed by atoms with Crippen LogP contribution in [0, 0.1) is 11.3 Å². The SMILES string of the molecule is N#CCc1cc(COc2cc(CSc3ccccc3)cc(CSc3ccccc3)c2)cc(COc2cc(CSc3ccccc3)cc(CSc3ccccc3)c2)c1. The average Bonchev–Trinajstić information content (AvgIpc) is 3.26. The topological polar surface area (TPSA) is 42.2 Å². The van der Waals surface area contributed by atoms with Crippen molar-refractivity contribution in [1.29, 1.82) is 5.26 Å². The summed E-state index contributed by atoms with van der Waals surface area (Å²) in [5.74, 6) is 5.09. The molecule has 7 heteroatoms. The van der Waals surface area contributed by atoms with Gasteiger partial charge in [0.05, 0.1) is 12.5 Å². The van der Waals surface area contributed by atoms with Crippen LogP contribution in [-0.2, 0) is 42.6 Å². The molecule has 284 valence electrons. The Morgan fingerprint density at radius 1 is 0.351 bits per heavy atom. The Balaban J connectivity index is 1.06. The van der Waals surface area contributed by atoms with Crippen molar-refractivity contribution in [3.63, 3.8) is 0 Å². The Kier molecular flexibility index (Phi) is 15.2. The number of benzene rings is 7. The van der Waals surface area contributed by atoms with E-state index in [4.69, 9.17) is 9.47 Å². The summed E-state index contributed by atoms with van der Waals surface area (Å²) < 4.78 is 13.1. The molecule has 0 N–H and O–H groups in total. The van der Waals surface area contributed by atoms with Crippen LogP contribution in [0.3, 0.4) is 0 Å². The third-order valence-electron chi connectivity index (χ3n) is 8.85. The van der Waals surface area contributed by atoms with Crippen molar-refractivity contribution in [1.82, 2.24) is 0 Å². The first kappa shape index (κ1) is 40.2. The van der Waals surface area contributed by atoms with Crippen LogP contribution in [-0.4, -0.2) is 0 Å². The van der Waals surface area contributed by atoms with Gasteiger partial charge in [0, 0.05) is 42.6 Å². The molecule has 0 saturated heterocycles. The van der Waals surface area contributed by atoms with Gasteiger partial charge >= 0.3 is 0 Å². The lowest BCUT2D eigenvalue weighted by Crippen LogP contribution is -2.03. The molecule has 0 heterocycles. The molecule has 7 aromatic rings. The fourth-order valence-electron chi connectivity index (χ4n) is 6.22. The maximum atomic E-state index is 9.65. The van der Waals surface area contributed by atoms with Gasteiger partial charge in [-0.2, -0.15) is 5.26 Å². The zero-order chi connectivity index (χ0) is 38.9. The van der Waals surface area contributed by atoms with Crippen molar-refractivity contribution in [2.75, 3.05) is 0 Å². The van der Waals surface area contributed by atoms with Crippen LogP contribution in [0.25, 0.3) is 0 Å².